The predicted molar refractivity (Wildman–Crippen MR) is 127 cm³/mol. The van der Waals surface area contributed by atoms with Gasteiger partial charge >= 0.3 is 0 Å². The zero-order chi connectivity index (χ0) is 19.2. The van der Waals surface area contributed by atoms with Gasteiger partial charge in [-0.2, -0.15) is 4.86 Å². The number of rotatable bonds is 6. The third kappa shape index (κ3) is 4.08. The molecule has 0 fully saturated rings. The van der Waals surface area contributed by atoms with Crippen LogP contribution in [0.3, 0.4) is 0 Å². The van der Waals surface area contributed by atoms with Gasteiger partial charge in [-0.3, -0.25) is 0 Å². The van der Waals surface area contributed by atoms with E-state index in [-0.39, 0.29) is 0 Å². The second kappa shape index (κ2) is 8.80. The fraction of sp³-hybridized carbons (Fsp3) is 0.0400. The van der Waals surface area contributed by atoms with Crippen molar-refractivity contribution in [3.05, 3.63) is 121 Å². The van der Waals surface area contributed by atoms with E-state index in [1.165, 1.54) is 21.2 Å². The number of nitrogens with one attached hydrogen (secondary N) is 1. The van der Waals surface area contributed by atoms with Gasteiger partial charge in [0.2, 0.25) is 0 Å². The highest BCUT2D eigenvalue weighted by Crippen LogP contribution is 2.55. The molecule has 0 atom stereocenters. The molecule has 1 N–H and O–H groups in total. The Morgan fingerprint density at radius 1 is 0.500 bits per heavy atom. The van der Waals surface area contributed by atoms with Crippen LogP contribution in [0, 0.1) is 0 Å². The van der Waals surface area contributed by atoms with E-state index in [1.54, 1.807) is 0 Å². The molecular formula is C25H24NP2+. The molecule has 138 valence electrons. The van der Waals surface area contributed by atoms with Crippen LogP contribution in [0.25, 0.3) is 0 Å². The molecule has 0 spiro atoms. The summed E-state index contributed by atoms with van der Waals surface area (Å²) < 4.78 is 0. The summed E-state index contributed by atoms with van der Waals surface area (Å²) in [5.41, 5.74) is 0. The minimum absolute atomic E-state index is 0.687. The molecular weight excluding hydrogens is 376 g/mol. The van der Waals surface area contributed by atoms with Crippen molar-refractivity contribution in [3.8, 4) is 0 Å². The monoisotopic (exact) mass is 400 g/mol. The molecule has 0 saturated carbocycles. The normalized spacial score (nSPS) is 11.5. The van der Waals surface area contributed by atoms with Crippen molar-refractivity contribution in [2.24, 2.45) is 0 Å². The predicted octanol–water partition coefficient (Wildman–Crippen LogP) is 4.84. The summed E-state index contributed by atoms with van der Waals surface area (Å²) in [7, 11) is -2.47. The summed E-state index contributed by atoms with van der Waals surface area (Å²) in [5.74, 6) is 0. The van der Waals surface area contributed by atoms with E-state index >= 15 is 0 Å². The van der Waals surface area contributed by atoms with Crippen molar-refractivity contribution in [2.75, 3.05) is 6.66 Å². The van der Waals surface area contributed by atoms with E-state index < -0.39 is 15.5 Å². The Balaban J connectivity index is 1.84. The lowest BCUT2D eigenvalue weighted by Gasteiger charge is -2.29. The molecule has 4 rings (SSSR count). The van der Waals surface area contributed by atoms with Crippen LogP contribution >= 0.6 is 15.5 Å². The van der Waals surface area contributed by atoms with E-state index in [4.69, 9.17) is 0 Å². The fourth-order valence-electron chi connectivity index (χ4n) is 3.34. The van der Waals surface area contributed by atoms with Gasteiger partial charge in [0.1, 0.15) is 18.0 Å². The van der Waals surface area contributed by atoms with Crippen LogP contribution in [0.15, 0.2) is 121 Å². The Bertz CT molecular complexity index is 911. The lowest BCUT2D eigenvalue weighted by atomic mass is 10.4. The second-order valence-electron chi connectivity index (χ2n) is 6.78. The maximum atomic E-state index is 4.17. The maximum Gasteiger partial charge on any atom is 0.147 e. The van der Waals surface area contributed by atoms with Crippen molar-refractivity contribution in [1.29, 1.82) is 0 Å². The van der Waals surface area contributed by atoms with E-state index in [0.717, 1.165) is 0 Å². The molecule has 1 nitrogen and oxygen atoms in total. The van der Waals surface area contributed by atoms with Crippen LogP contribution in [-0.2, 0) is 0 Å². The van der Waals surface area contributed by atoms with Crippen molar-refractivity contribution >= 4 is 36.7 Å². The molecule has 0 heterocycles. The zero-order valence-electron chi connectivity index (χ0n) is 15.9. The van der Waals surface area contributed by atoms with E-state index in [2.05, 4.69) is 133 Å². The molecule has 0 aliphatic carbocycles. The van der Waals surface area contributed by atoms with Crippen LogP contribution in [0.2, 0.25) is 0 Å². The van der Waals surface area contributed by atoms with Crippen LogP contribution in [0.1, 0.15) is 0 Å². The summed E-state index contributed by atoms with van der Waals surface area (Å²) in [6.07, 6.45) is 0. The SMILES string of the molecule is C[P+](NP(c1ccccc1)c1ccccc1)(c1ccccc1)c1ccccc1. The smallest absolute Gasteiger partial charge is 0.147 e. The van der Waals surface area contributed by atoms with E-state index in [9.17, 15) is 0 Å². The Hall–Kier alpha value is -2.30. The number of hydrogen-bond donors (Lipinski definition) is 1. The lowest BCUT2D eigenvalue weighted by molar-refractivity contribution is 1.57. The molecule has 4 aromatic carbocycles. The van der Waals surface area contributed by atoms with Gasteiger partial charge in [0, 0.05) is 0 Å². The van der Waals surface area contributed by atoms with Gasteiger partial charge in [0.05, 0.1) is 14.7 Å². The van der Waals surface area contributed by atoms with Gasteiger partial charge < -0.3 is 0 Å². The first kappa shape index (κ1) is 19.0. The van der Waals surface area contributed by atoms with Gasteiger partial charge in [-0.1, -0.05) is 97.1 Å². The molecule has 28 heavy (non-hydrogen) atoms. The van der Waals surface area contributed by atoms with Crippen LogP contribution in [-0.4, -0.2) is 6.66 Å². The topological polar surface area (TPSA) is 12.0 Å². The highest BCUT2D eigenvalue weighted by molar-refractivity contribution is 7.95. The van der Waals surface area contributed by atoms with Crippen molar-refractivity contribution in [1.82, 2.24) is 4.86 Å². The first-order chi connectivity index (χ1) is 13.8. The minimum atomic E-state index is -1.78. The Morgan fingerprint density at radius 3 is 1.18 bits per heavy atom. The summed E-state index contributed by atoms with van der Waals surface area (Å²) >= 11 is 0. The van der Waals surface area contributed by atoms with E-state index in [0.29, 0.717) is 0 Å². The third-order valence-electron chi connectivity index (χ3n) is 4.87. The molecule has 0 radical (unpaired) electrons. The van der Waals surface area contributed by atoms with Crippen LogP contribution < -0.4 is 26.1 Å². The van der Waals surface area contributed by atoms with Crippen molar-refractivity contribution < 1.29 is 0 Å². The molecule has 0 unspecified atom stereocenters. The summed E-state index contributed by atoms with van der Waals surface area (Å²) in [6.45, 7) is 2.40. The van der Waals surface area contributed by atoms with Gasteiger partial charge in [-0.15, -0.1) is 0 Å². The average molecular weight is 400 g/mol. The molecule has 0 saturated heterocycles. The Labute approximate surface area is 169 Å². The Morgan fingerprint density at radius 2 is 0.821 bits per heavy atom. The van der Waals surface area contributed by atoms with Crippen LogP contribution in [0.4, 0.5) is 0 Å². The first-order valence-electron chi connectivity index (χ1n) is 9.43. The highest BCUT2D eigenvalue weighted by Gasteiger charge is 2.40. The summed E-state index contributed by atoms with van der Waals surface area (Å²) in [4.78, 5) is 4.17. The van der Waals surface area contributed by atoms with Gasteiger partial charge in [0.15, 0.2) is 0 Å². The Kier molecular flexibility index (Phi) is 5.98. The molecule has 3 heteroatoms. The highest BCUT2D eigenvalue weighted by atomic mass is 31.2. The minimum Gasteiger partial charge on any atom is -0.154 e. The second-order valence-corrected chi connectivity index (χ2v) is 12.3. The number of benzene rings is 4. The van der Waals surface area contributed by atoms with Crippen molar-refractivity contribution in [3.63, 3.8) is 0 Å². The lowest BCUT2D eigenvalue weighted by Crippen LogP contribution is -2.34. The third-order valence-corrected chi connectivity index (χ3v) is 11.6. The quantitative estimate of drug-likeness (QED) is 0.457. The average Bonchev–Trinajstić information content (AvgIpc) is 2.80. The molecule has 0 aliphatic heterocycles. The van der Waals surface area contributed by atoms with Crippen LogP contribution in [0.5, 0.6) is 0 Å². The molecule has 0 amide bonds. The molecule has 0 bridgehead atoms. The first-order valence-corrected chi connectivity index (χ1v) is 13.0. The van der Waals surface area contributed by atoms with Crippen molar-refractivity contribution in [2.45, 2.75) is 0 Å². The summed E-state index contributed by atoms with van der Waals surface area (Å²) in [5, 5.41) is 5.45. The molecule has 0 aromatic heterocycles. The van der Waals surface area contributed by atoms with Gasteiger partial charge in [-0.05, 0) is 34.9 Å². The van der Waals surface area contributed by atoms with Gasteiger partial charge in [-0.25, -0.2) is 0 Å². The fourth-order valence-corrected chi connectivity index (χ4v) is 9.86. The summed E-state index contributed by atoms with van der Waals surface area (Å²) in [6, 6.07) is 43.5. The molecule has 4 aromatic rings. The van der Waals surface area contributed by atoms with Gasteiger partial charge in [0.25, 0.3) is 0 Å². The molecule has 0 aliphatic rings. The number of hydrogen-bond acceptors (Lipinski definition) is 1. The zero-order valence-corrected chi connectivity index (χ0v) is 17.7. The largest absolute Gasteiger partial charge is 0.154 e. The van der Waals surface area contributed by atoms with E-state index in [1.807, 2.05) is 0 Å². The maximum absolute atomic E-state index is 4.17. The standard InChI is InChI=1S/C25H24NP2/c1-28(24-18-10-4-11-19-24,25-20-12-5-13-21-25)26-27(22-14-6-2-7-15-22)23-16-8-3-9-17-23/h2-21,26H,1H3/q+1.